The Morgan fingerprint density at radius 2 is 0.949 bits per heavy atom. The number of benzene rings is 7. The van der Waals surface area contributed by atoms with E-state index < -0.39 is 24.2 Å². The van der Waals surface area contributed by atoms with Crippen LogP contribution in [0.2, 0.25) is 0 Å². The standard InChI is InChI=1S/C38H24O/c1-3-13-25(14-4-1)33-23-27(24-35-38(33)32-21-11-12-22-34(32)39-35)37-30-19-9-7-17-28(30)36(26-15-5-2-6-16-26)29-18-8-10-20-31(29)37/h1-24H/i7D,8D,9D,10D,17D,18D,19D,20D. The van der Waals surface area contributed by atoms with Crippen molar-refractivity contribution in [1.82, 2.24) is 0 Å². The second kappa shape index (κ2) is 8.72. The first-order chi connectivity index (χ1) is 22.7. The summed E-state index contributed by atoms with van der Waals surface area (Å²) in [4.78, 5) is 0. The highest BCUT2D eigenvalue weighted by molar-refractivity contribution is 6.23. The van der Waals surface area contributed by atoms with Crippen LogP contribution in [0.15, 0.2) is 150 Å². The lowest BCUT2D eigenvalue weighted by Gasteiger charge is -2.18. The van der Waals surface area contributed by atoms with Crippen LogP contribution in [0.1, 0.15) is 11.0 Å². The molecule has 182 valence electrons. The third-order valence-corrected chi connectivity index (χ3v) is 7.29. The van der Waals surface area contributed by atoms with Crippen LogP contribution in [-0.2, 0) is 0 Å². The minimum Gasteiger partial charge on any atom is -0.456 e. The fraction of sp³-hybridized carbons (Fsp3) is 0. The van der Waals surface area contributed by atoms with Gasteiger partial charge in [-0.15, -0.1) is 0 Å². The molecule has 0 fully saturated rings. The lowest BCUT2D eigenvalue weighted by atomic mass is 9.85. The van der Waals surface area contributed by atoms with Gasteiger partial charge in [0.15, 0.2) is 0 Å². The molecule has 0 N–H and O–H groups in total. The maximum atomic E-state index is 9.23. The van der Waals surface area contributed by atoms with Crippen LogP contribution in [0.5, 0.6) is 0 Å². The summed E-state index contributed by atoms with van der Waals surface area (Å²) in [6.07, 6.45) is 0. The summed E-state index contributed by atoms with van der Waals surface area (Å²) < 4.78 is 77.8. The summed E-state index contributed by atoms with van der Waals surface area (Å²) in [5.74, 6) is 0. The van der Waals surface area contributed by atoms with E-state index in [2.05, 4.69) is 0 Å². The average molecular weight is 505 g/mol. The SMILES string of the molecule is [2H]c1c([2H])c([2H])c2c(-c3cc(-c4ccccc4)c4c(c3)oc3ccccc34)c3c([2H])c([2H])c([2H])c([2H])c3c(-c3ccccc3)c2c1[2H]. The van der Waals surface area contributed by atoms with Crippen molar-refractivity contribution >= 4 is 43.5 Å². The van der Waals surface area contributed by atoms with Crippen molar-refractivity contribution < 1.29 is 15.4 Å². The monoisotopic (exact) mass is 504 g/mol. The molecule has 0 radical (unpaired) electrons. The van der Waals surface area contributed by atoms with Gasteiger partial charge in [0, 0.05) is 10.8 Å². The molecule has 0 saturated carbocycles. The number of hydrogen-bond acceptors (Lipinski definition) is 1. The normalized spacial score (nSPS) is 14.5. The summed E-state index contributed by atoms with van der Waals surface area (Å²) in [6.45, 7) is 0. The molecule has 0 aliphatic heterocycles. The first-order valence-electron chi connectivity index (χ1n) is 16.7. The van der Waals surface area contributed by atoms with Gasteiger partial charge in [-0.25, -0.2) is 0 Å². The number of rotatable bonds is 3. The Morgan fingerprint density at radius 1 is 0.436 bits per heavy atom. The van der Waals surface area contributed by atoms with Crippen molar-refractivity contribution in [2.24, 2.45) is 0 Å². The van der Waals surface area contributed by atoms with Crippen molar-refractivity contribution in [3.63, 3.8) is 0 Å². The van der Waals surface area contributed by atoms with Crippen molar-refractivity contribution in [2.45, 2.75) is 0 Å². The number of para-hydroxylation sites is 1. The van der Waals surface area contributed by atoms with Gasteiger partial charge in [0.05, 0.1) is 11.0 Å². The topological polar surface area (TPSA) is 13.1 Å². The highest BCUT2D eigenvalue weighted by Crippen LogP contribution is 2.46. The van der Waals surface area contributed by atoms with Gasteiger partial charge in [-0.1, -0.05) is 127 Å². The summed E-state index contributed by atoms with van der Waals surface area (Å²) in [5, 5.41) is 2.48. The molecule has 0 bridgehead atoms. The minimum absolute atomic E-state index is 0.168. The van der Waals surface area contributed by atoms with Gasteiger partial charge < -0.3 is 4.42 Å². The number of fused-ring (bicyclic) bond motifs is 5. The Morgan fingerprint density at radius 3 is 1.56 bits per heavy atom. The fourth-order valence-electron chi connectivity index (χ4n) is 5.65. The van der Waals surface area contributed by atoms with E-state index in [1.54, 1.807) is 30.3 Å². The maximum Gasteiger partial charge on any atom is 0.136 e. The third-order valence-electron chi connectivity index (χ3n) is 7.29. The average Bonchev–Trinajstić information content (AvgIpc) is 3.49. The first kappa shape index (κ1) is 15.3. The van der Waals surface area contributed by atoms with Crippen molar-refractivity contribution in [3.05, 3.63) is 145 Å². The predicted octanol–water partition coefficient (Wildman–Crippen LogP) is 10.9. The molecule has 1 aromatic heterocycles. The predicted molar refractivity (Wildman–Crippen MR) is 165 cm³/mol. The Kier molecular flexibility index (Phi) is 3.42. The lowest BCUT2D eigenvalue weighted by molar-refractivity contribution is 0.669. The van der Waals surface area contributed by atoms with Crippen LogP contribution in [0, 0.1) is 0 Å². The highest BCUT2D eigenvalue weighted by Gasteiger charge is 2.20. The molecule has 0 unspecified atom stereocenters. The molecule has 0 spiro atoms. The van der Waals surface area contributed by atoms with Crippen LogP contribution in [0.25, 0.3) is 76.9 Å². The molecule has 0 amide bonds. The second-order valence-electron chi connectivity index (χ2n) is 9.48. The van der Waals surface area contributed by atoms with Gasteiger partial charge in [0.25, 0.3) is 0 Å². The van der Waals surface area contributed by atoms with Gasteiger partial charge >= 0.3 is 0 Å². The fourth-order valence-corrected chi connectivity index (χ4v) is 5.65. The smallest absolute Gasteiger partial charge is 0.136 e. The molecular formula is C38H24O. The molecular weight excluding hydrogens is 472 g/mol. The van der Waals surface area contributed by atoms with Crippen LogP contribution in [-0.4, -0.2) is 0 Å². The Hall–Kier alpha value is -5.14. The van der Waals surface area contributed by atoms with Crippen LogP contribution >= 0.6 is 0 Å². The van der Waals surface area contributed by atoms with E-state index in [4.69, 9.17) is 12.6 Å². The number of hydrogen-bond donors (Lipinski definition) is 0. The van der Waals surface area contributed by atoms with Crippen LogP contribution < -0.4 is 0 Å². The van der Waals surface area contributed by atoms with E-state index in [1.165, 1.54) is 0 Å². The van der Waals surface area contributed by atoms with Gasteiger partial charge in [-0.3, -0.25) is 0 Å². The van der Waals surface area contributed by atoms with Gasteiger partial charge in [0.1, 0.15) is 11.2 Å². The summed E-state index contributed by atoms with van der Waals surface area (Å²) in [6, 6.07) is 27.3. The van der Waals surface area contributed by atoms with E-state index in [0.717, 1.165) is 21.9 Å². The van der Waals surface area contributed by atoms with Gasteiger partial charge in [0.2, 0.25) is 0 Å². The molecule has 0 saturated heterocycles. The third kappa shape index (κ3) is 3.41. The van der Waals surface area contributed by atoms with Gasteiger partial charge in [-0.2, -0.15) is 0 Å². The molecule has 7 aromatic carbocycles. The minimum atomic E-state index is -0.434. The molecule has 1 nitrogen and oxygen atoms in total. The van der Waals surface area contributed by atoms with E-state index in [0.29, 0.717) is 27.9 Å². The Balaban J connectivity index is 1.68. The lowest BCUT2D eigenvalue weighted by Crippen LogP contribution is -1.91. The highest BCUT2D eigenvalue weighted by atomic mass is 16.3. The van der Waals surface area contributed by atoms with E-state index in [9.17, 15) is 2.74 Å². The quantitative estimate of drug-likeness (QED) is 0.218. The molecule has 8 rings (SSSR count). The Labute approximate surface area is 237 Å². The molecule has 1 heterocycles. The summed E-state index contributed by atoms with van der Waals surface area (Å²) in [7, 11) is 0. The van der Waals surface area contributed by atoms with Crippen molar-refractivity contribution in [2.75, 3.05) is 0 Å². The molecule has 39 heavy (non-hydrogen) atoms. The largest absolute Gasteiger partial charge is 0.456 e. The Bertz CT molecular complexity index is 2510. The summed E-state index contributed by atoms with van der Waals surface area (Å²) >= 11 is 0. The zero-order chi connectivity index (χ0) is 32.7. The van der Waals surface area contributed by atoms with E-state index >= 15 is 0 Å². The van der Waals surface area contributed by atoms with Crippen LogP contribution in [0.3, 0.4) is 0 Å². The molecule has 0 aliphatic carbocycles. The number of furan rings is 1. The van der Waals surface area contributed by atoms with Gasteiger partial charge in [-0.05, 0) is 73.1 Å². The van der Waals surface area contributed by atoms with E-state index in [-0.39, 0.29) is 51.3 Å². The summed E-state index contributed by atoms with van der Waals surface area (Å²) in [5.41, 5.74) is 4.61. The molecule has 0 aliphatic rings. The second-order valence-corrected chi connectivity index (χ2v) is 9.48. The maximum absolute atomic E-state index is 9.23. The van der Waals surface area contributed by atoms with E-state index in [1.807, 2.05) is 66.7 Å². The van der Waals surface area contributed by atoms with Crippen molar-refractivity contribution in [1.29, 1.82) is 0 Å². The molecule has 8 aromatic rings. The first-order valence-corrected chi connectivity index (χ1v) is 12.7. The molecule has 0 atom stereocenters. The molecule has 1 heteroatoms. The zero-order valence-electron chi connectivity index (χ0n) is 28.6. The van der Waals surface area contributed by atoms with Crippen molar-refractivity contribution in [3.8, 4) is 33.4 Å². The zero-order valence-corrected chi connectivity index (χ0v) is 20.6. The van der Waals surface area contributed by atoms with Crippen LogP contribution in [0.4, 0.5) is 0 Å².